The van der Waals surface area contributed by atoms with Crippen LogP contribution < -0.4 is 33.2 Å². The van der Waals surface area contributed by atoms with Crippen LogP contribution in [0.5, 0.6) is 0 Å². The Labute approximate surface area is 427 Å². The zero-order chi connectivity index (χ0) is 50.6. The van der Waals surface area contributed by atoms with Crippen molar-refractivity contribution in [2.45, 2.75) is 74.0 Å². The molecule has 0 atom stereocenters. The van der Waals surface area contributed by atoms with Gasteiger partial charge in [-0.15, -0.1) is 34.0 Å². The fraction of sp³-hybridized carbons (Fsp3) is 0.321. The Morgan fingerprint density at radius 2 is 0.746 bits per heavy atom. The lowest BCUT2D eigenvalue weighted by molar-refractivity contribution is 0.0988. The lowest BCUT2D eigenvalue weighted by atomic mass is 10.0. The normalized spacial score (nSPS) is 14.1. The first kappa shape index (κ1) is 53.8. The van der Waals surface area contributed by atoms with Gasteiger partial charge in [-0.25, -0.2) is 0 Å². The molecule has 9 N–H and O–H groups in total. The molecule has 0 bridgehead atoms. The van der Waals surface area contributed by atoms with Gasteiger partial charge in [-0.2, -0.15) is 0 Å². The van der Waals surface area contributed by atoms with Gasteiger partial charge in [0.2, 0.25) is 0 Å². The highest BCUT2D eigenvalue weighted by molar-refractivity contribution is 7.17. The second kappa shape index (κ2) is 23.1. The zero-order valence-electron chi connectivity index (χ0n) is 40.5. The van der Waals surface area contributed by atoms with Crippen LogP contribution in [0.3, 0.4) is 0 Å². The first-order chi connectivity index (χ1) is 33.3. The van der Waals surface area contributed by atoms with E-state index in [-0.39, 0.29) is 25.1 Å². The minimum Gasteiger partial charge on any atom is -0.365 e. The van der Waals surface area contributed by atoms with E-state index in [0.29, 0.717) is 68.0 Å². The molecule has 15 nitrogen and oxygen atoms in total. The van der Waals surface area contributed by atoms with E-state index >= 15 is 0 Å². The number of benzene rings is 3. The first-order valence-corrected chi connectivity index (χ1v) is 25.3. The molecule has 3 aromatic carbocycles. The predicted molar refractivity (Wildman–Crippen MR) is 287 cm³/mol. The van der Waals surface area contributed by atoms with E-state index in [0.717, 1.165) is 92.5 Å². The van der Waals surface area contributed by atoms with E-state index in [2.05, 4.69) is 30.7 Å². The summed E-state index contributed by atoms with van der Waals surface area (Å²) >= 11 is 4.38. The number of likely N-dealkylation sites (N-methyl/N-ethyl adjacent to an activating group) is 3. The van der Waals surface area contributed by atoms with Gasteiger partial charge >= 0.3 is 0 Å². The molecule has 3 aromatic heterocycles. The number of hydrogen-bond acceptors (Lipinski definition) is 12. The van der Waals surface area contributed by atoms with Crippen molar-refractivity contribution in [2.24, 2.45) is 17.2 Å². The molecule has 3 aliphatic heterocycles. The van der Waals surface area contributed by atoms with Crippen LogP contribution in [0.2, 0.25) is 0 Å². The van der Waals surface area contributed by atoms with Crippen molar-refractivity contribution in [3.63, 3.8) is 0 Å². The largest absolute Gasteiger partial charge is 0.365 e. The van der Waals surface area contributed by atoms with E-state index in [1.165, 1.54) is 34.0 Å². The fourth-order valence-electron chi connectivity index (χ4n) is 8.82. The Bertz CT molecular complexity index is 2870. The third-order valence-electron chi connectivity index (χ3n) is 12.2. The molecule has 0 saturated carbocycles. The lowest BCUT2D eigenvalue weighted by Crippen LogP contribution is -2.27. The first-order valence-electron chi connectivity index (χ1n) is 22.8. The van der Waals surface area contributed by atoms with E-state index in [4.69, 9.17) is 17.2 Å². The van der Waals surface area contributed by atoms with Gasteiger partial charge in [0.15, 0.2) is 0 Å². The summed E-state index contributed by atoms with van der Waals surface area (Å²) in [6, 6.07) is 20.4. The second-order valence-corrected chi connectivity index (χ2v) is 21.5. The molecule has 6 heterocycles. The van der Waals surface area contributed by atoms with Gasteiger partial charge in [-0.05, 0) is 121 Å². The van der Waals surface area contributed by atoms with Crippen molar-refractivity contribution >= 4 is 84.5 Å². The molecule has 71 heavy (non-hydrogen) atoms. The summed E-state index contributed by atoms with van der Waals surface area (Å²) < 4.78 is 0. The smallest absolute Gasteiger partial charge is 0.256 e. The van der Waals surface area contributed by atoms with E-state index in [9.17, 15) is 28.8 Å². The van der Waals surface area contributed by atoms with Crippen LogP contribution in [0.25, 0.3) is 0 Å². The maximum Gasteiger partial charge on any atom is 0.256 e. The van der Waals surface area contributed by atoms with Crippen molar-refractivity contribution in [2.75, 3.05) is 56.7 Å². The maximum atomic E-state index is 12.6. The summed E-state index contributed by atoms with van der Waals surface area (Å²) in [5, 5.41) is 10.3. The molecule has 374 valence electrons. The second-order valence-electron chi connectivity index (χ2n) is 18.2. The number of nitrogens with one attached hydrogen (secondary N) is 3. The number of aryl methyl sites for hydroxylation is 4. The minimum absolute atomic E-state index is 0. The number of hydrogen-bond donors (Lipinski definition) is 6. The summed E-state index contributed by atoms with van der Waals surface area (Å²) in [5.74, 6) is -2.12. The monoisotopic (exact) mass is 1020 g/mol. The SMILES string of the molecule is C.Cc1cc(C)cc(C(=O)Nc2sc3c(c2C(N)=O)CN(C)CC3)c1.Cc1cccc(C(=O)Nc2sc3c(c2C(N)=O)CN(C)CC3)c1.Cc1cccc(C(=O)Nc2sc3c(c2C(N)=O)CN(C)CC3)c1. The number of carbonyl (C=O) groups is 6. The average Bonchev–Trinajstić information content (AvgIpc) is 3.96. The van der Waals surface area contributed by atoms with E-state index in [1.54, 1.807) is 12.1 Å². The molecule has 0 fully saturated rings. The summed E-state index contributed by atoms with van der Waals surface area (Å²) in [4.78, 5) is 83.1. The third kappa shape index (κ3) is 12.9. The summed E-state index contributed by atoms with van der Waals surface area (Å²) in [7, 11) is 6.03. The molecule has 0 aliphatic carbocycles. The Hall–Kier alpha value is -6.54. The van der Waals surface area contributed by atoms with Gasteiger partial charge in [0.1, 0.15) is 15.0 Å². The van der Waals surface area contributed by atoms with Crippen LogP contribution in [0.15, 0.2) is 66.7 Å². The van der Waals surface area contributed by atoms with Crippen LogP contribution in [0.4, 0.5) is 15.0 Å². The molecule has 0 unspecified atom stereocenters. The van der Waals surface area contributed by atoms with Crippen LogP contribution in [-0.4, -0.2) is 90.9 Å². The highest BCUT2D eigenvalue weighted by Gasteiger charge is 2.30. The molecule has 6 amide bonds. The molecule has 9 rings (SSSR count). The standard InChI is InChI=1S/C18H21N3O2S.2C17H19N3O2S.CH4/c1-10-6-11(2)8-12(7-10)17(23)20-18-15(16(19)22)13-9-21(3)5-4-14(13)24-18;2*1-10-4-3-5-11(8-10)16(22)19-17-14(15(18)21)12-9-20(2)7-6-13(12)23-17;/h6-8H,4-5,9H2,1-3H3,(H2,19,22)(H,20,23);2*3-5,8H,6-7,9H2,1-2H3,(H2,18,21)(H,19,22);1H4. The summed E-state index contributed by atoms with van der Waals surface area (Å²) in [5.41, 5.74) is 26.8. The number of fused-ring (bicyclic) bond motifs is 3. The fourth-order valence-corrected chi connectivity index (χ4v) is 12.4. The maximum absolute atomic E-state index is 12.6. The number of thiophene rings is 3. The Morgan fingerprint density at radius 3 is 1.04 bits per heavy atom. The number of primary amides is 3. The summed E-state index contributed by atoms with van der Waals surface area (Å²) in [6.07, 6.45) is 2.62. The van der Waals surface area contributed by atoms with Crippen LogP contribution in [0, 0.1) is 27.7 Å². The van der Waals surface area contributed by atoms with Crippen molar-refractivity contribution in [1.82, 2.24) is 14.7 Å². The van der Waals surface area contributed by atoms with Crippen LogP contribution in [0.1, 0.15) is 123 Å². The Kier molecular flexibility index (Phi) is 17.5. The number of amides is 6. The number of rotatable bonds is 9. The molecule has 3 aliphatic rings. The predicted octanol–water partition coefficient (Wildman–Crippen LogP) is 8.13. The molecular formula is C53H63N9O6S3. The number of anilines is 3. The number of carbonyl (C=O) groups excluding carboxylic acids is 6. The zero-order valence-corrected chi connectivity index (χ0v) is 42.9. The van der Waals surface area contributed by atoms with Crippen molar-refractivity contribution in [1.29, 1.82) is 0 Å². The van der Waals surface area contributed by atoms with Crippen LogP contribution in [-0.2, 0) is 38.9 Å². The van der Waals surface area contributed by atoms with Crippen molar-refractivity contribution in [3.05, 3.63) is 154 Å². The number of nitrogens with two attached hydrogens (primary N) is 3. The van der Waals surface area contributed by atoms with Gasteiger partial charge < -0.3 is 47.9 Å². The van der Waals surface area contributed by atoms with Crippen LogP contribution >= 0.6 is 34.0 Å². The highest BCUT2D eigenvalue weighted by atomic mass is 32.1. The van der Waals surface area contributed by atoms with E-state index in [1.807, 2.05) is 103 Å². The van der Waals surface area contributed by atoms with Gasteiger partial charge in [-0.3, -0.25) is 28.8 Å². The van der Waals surface area contributed by atoms with E-state index < -0.39 is 17.7 Å². The van der Waals surface area contributed by atoms with Gasteiger partial charge in [0, 0.05) is 70.6 Å². The van der Waals surface area contributed by atoms with Gasteiger partial charge in [0.25, 0.3) is 35.4 Å². The number of nitrogens with zero attached hydrogens (tertiary/aromatic N) is 3. The molecule has 6 aromatic rings. The Balaban J connectivity index is 0.000000173. The highest BCUT2D eigenvalue weighted by Crippen LogP contribution is 2.39. The lowest BCUT2D eigenvalue weighted by Gasteiger charge is -2.22. The summed E-state index contributed by atoms with van der Waals surface area (Å²) in [6.45, 7) is 12.7. The molecule has 0 spiro atoms. The molecule has 0 saturated heterocycles. The molecule has 18 heteroatoms. The minimum atomic E-state index is -0.489. The third-order valence-corrected chi connectivity index (χ3v) is 15.8. The van der Waals surface area contributed by atoms with Crippen molar-refractivity contribution in [3.8, 4) is 0 Å². The van der Waals surface area contributed by atoms with Crippen molar-refractivity contribution < 1.29 is 28.8 Å². The van der Waals surface area contributed by atoms with Gasteiger partial charge in [0.05, 0.1) is 16.7 Å². The van der Waals surface area contributed by atoms with Gasteiger partial charge in [-0.1, -0.05) is 60.0 Å². The average molecular weight is 1020 g/mol. The molecule has 0 radical (unpaired) electrons. The Morgan fingerprint density at radius 1 is 0.451 bits per heavy atom. The molecular weight excluding hydrogens is 955 g/mol. The topological polar surface area (TPSA) is 226 Å². The quantitative estimate of drug-likeness (QED) is 0.0821.